The molecule has 20 heteroatoms. The summed E-state index contributed by atoms with van der Waals surface area (Å²) in [5.41, 5.74) is 3.32. The number of hydrogen-bond donors (Lipinski definition) is 6. The van der Waals surface area contributed by atoms with Crippen LogP contribution in [0.15, 0.2) is 29.7 Å². The third-order valence-electron chi connectivity index (χ3n) is 3.82. The Kier molecular flexibility index (Phi) is 7.94. The molecule has 0 radical (unpaired) electrons. The maximum Gasteiger partial charge on any atom is 0.490 e. The van der Waals surface area contributed by atoms with Gasteiger partial charge >= 0.3 is 23.5 Å². The van der Waals surface area contributed by atoms with E-state index in [-0.39, 0.29) is 11.7 Å². The number of halogens is 2. The average molecular weight is 532 g/mol. The molecule has 0 aromatic rings. The van der Waals surface area contributed by atoms with Gasteiger partial charge in [0, 0.05) is 6.20 Å². The number of hydrogen-bond acceptors (Lipinski definition) is 11. The van der Waals surface area contributed by atoms with E-state index in [2.05, 4.69) is 24.7 Å². The number of aliphatic hydroxyl groups excluding tert-OH is 1. The van der Waals surface area contributed by atoms with Crippen LogP contribution in [0.4, 0.5) is 4.39 Å². The molecule has 0 aromatic heterocycles. The number of aliphatic imine (C=N–C) groups is 1. The van der Waals surface area contributed by atoms with Crippen molar-refractivity contribution in [2.75, 3.05) is 12.5 Å². The fraction of sp³-hybridized carbons (Fsp3) is 0.545. The zero-order chi connectivity index (χ0) is 23.8. The number of nitrogens with zero attached hydrogens (tertiary/aromatic N) is 2. The van der Waals surface area contributed by atoms with Crippen molar-refractivity contribution in [3.63, 3.8) is 0 Å². The van der Waals surface area contributed by atoms with Crippen molar-refractivity contribution in [3.05, 3.63) is 24.7 Å². The lowest BCUT2D eigenvalue weighted by Crippen LogP contribution is -2.47. The molecule has 1 fully saturated rings. The van der Waals surface area contributed by atoms with E-state index in [0.29, 0.717) is 0 Å². The van der Waals surface area contributed by atoms with Gasteiger partial charge in [-0.05, 0) is 6.08 Å². The minimum atomic E-state index is -5.77. The van der Waals surface area contributed by atoms with Gasteiger partial charge in [-0.15, -0.1) is 11.6 Å². The first-order valence-electron chi connectivity index (χ1n) is 7.85. The number of phosphoric ester groups is 1. The van der Waals surface area contributed by atoms with Crippen molar-refractivity contribution >= 4 is 40.9 Å². The maximum absolute atomic E-state index is 14.8. The molecule has 1 saturated heterocycles. The van der Waals surface area contributed by atoms with Gasteiger partial charge in [0.1, 0.15) is 23.4 Å². The Labute approximate surface area is 179 Å². The number of nitrogens with two attached hydrogens (primary N) is 1. The van der Waals surface area contributed by atoms with Crippen molar-refractivity contribution in [3.8, 4) is 0 Å². The zero-order valence-electron chi connectivity index (χ0n) is 15.2. The Balaban J connectivity index is 2.14. The van der Waals surface area contributed by atoms with Crippen LogP contribution in [0.1, 0.15) is 0 Å². The minimum absolute atomic E-state index is 0.0573. The van der Waals surface area contributed by atoms with Crippen molar-refractivity contribution in [1.82, 2.24) is 4.90 Å². The van der Waals surface area contributed by atoms with E-state index in [1.807, 2.05) is 0 Å². The van der Waals surface area contributed by atoms with Crippen molar-refractivity contribution < 1.29 is 60.6 Å². The van der Waals surface area contributed by atoms with E-state index < -0.39 is 60.1 Å². The van der Waals surface area contributed by atoms with Gasteiger partial charge in [-0.3, -0.25) is 4.52 Å². The average Bonchev–Trinajstić information content (AvgIpc) is 2.82. The summed E-state index contributed by atoms with van der Waals surface area (Å²) in [5.74, 6) is -0.694. The highest BCUT2D eigenvalue weighted by Gasteiger charge is 2.58. The SMILES string of the molecule is C=C1N=C(N)C=CN1[C@@H]1O[C@](CCl)(COP(=O)(O)OP(=O)(O)OP(=O)(O)O)[C@@H](O)[C@@H]1F. The quantitative estimate of drug-likeness (QED) is 0.170. The molecule has 15 nitrogen and oxygen atoms in total. The third-order valence-corrected chi connectivity index (χ3v) is 8.05. The Hall–Kier alpha value is -0.700. The number of rotatable bonds is 9. The van der Waals surface area contributed by atoms with Crippen LogP contribution in [0.5, 0.6) is 0 Å². The standard InChI is InChI=1S/C11H18ClFN3O12P3/c1-6-15-7(14)2-3-16(6)10-8(13)9(17)11(4-12,26-10)5-25-30(21,22)28-31(23,24)27-29(18,19)20/h2-3,8-10,17H,1,4-5H2,(H2,14,15)(H,21,22)(H,23,24)(H2,18,19,20)/t8-,9-,10+,11+/m0/s1. The van der Waals surface area contributed by atoms with Gasteiger partial charge < -0.3 is 40.1 Å². The molecule has 2 unspecified atom stereocenters. The normalized spacial score (nSPS) is 33.1. The molecular formula is C11H18ClFN3O12P3. The fourth-order valence-corrected chi connectivity index (χ4v) is 5.89. The van der Waals surface area contributed by atoms with Crippen LogP contribution in [0.2, 0.25) is 0 Å². The molecule has 2 heterocycles. The van der Waals surface area contributed by atoms with Gasteiger partial charge in [0.2, 0.25) is 0 Å². The summed E-state index contributed by atoms with van der Waals surface area (Å²) < 4.78 is 65.6. The van der Waals surface area contributed by atoms with Crippen LogP contribution >= 0.6 is 35.1 Å². The summed E-state index contributed by atoms with van der Waals surface area (Å²) in [4.78, 5) is 40.6. The summed E-state index contributed by atoms with van der Waals surface area (Å²) in [7, 11) is -16.9. The summed E-state index contributed by atoms with van der Waals surface area (Å²) in [6, 6.07) is 0. The minimum Gasteiger partial charge on any atom is -0.387 e. The number of alkyl halides is 2. The van der Waals surface area contributed by atoms with Crippen LogP contribution in [-0.2, 0) is 31.6 Å². The molecule has 178 valence electrons. The zero-order valence-corrected chi connectivity index (χ0v) is 18.6. The lowest BCUT2D eigenvalue weighted by atomic mass is 9.99. The molecule has 2 rings (SSSR count). The molecule has 2 aliphatic rings. The second kappa shape index (κ2) is 9.27. The van der Waals surface area contributed by atoms with Crippen molar-refractivity contribution in [1.29, 1.82) is 0 Å². The highest BCUT2D eigenvalue weighted by Crippen LogP contribution is 2.66. The van der Waals surface area contributed by atoms with E-state index in [1.54, 1.807) is 0 Å². The monoisotopic (exact) mass is 531 g/mol. The van der Waals surface area contributed by atoms with Crippen LogP contribution in [0.3, 0.4) is 0 Å². The predicted octanol–water partition coefficient (Wildman–Crippen LogP) is 0.0203. The number of aliphatic hydroxyl groups is 1. The Bertz CT molecular complexity index is 929. The van der Waals surface area contributed by atoms with E-state index in [9.17, 15) is 28.1 Å². The fourth-order valence-electron chi connectivity index (χ4n) is 2.51. The van der Waals surface area contributed by atoms with E-state index in [1.165, 1.54) is 12.3 Å². The number of ether oxygens (including phenoxy) is 1. The molecule has 0 aromatic carbocycles. The van der Waals surface area contributed by atoms with Gasteiger partial charge in [-0.1, -0.05) is 6.58 Å². The van der Waals surface area contributed by atoms with Crippen LogP contribution in [0.25, 0.3) is 0 Å². The molecule has 0 amide bonds. The Morgan fingerprint density at radius 1 is 1.29 bits per heavy atom. The molecule has 0 spiro atoms. The highest BCUT2D eigenvalue weighted by molar-refractivity contribution is 7.66. The van der Waals surface area contributed by atoms with E-state index in [0.717, 1.165) is 4.90 Å². The van der Waals surface area contributed by atoms with Gasteiger partial charge in [0.05, 0.1) is 12.5 Å². The molecule has 0 bridgehead atoms. The largest absolute Gasteiger partial charge is 0.490 e. The summed E-state index contributed by atoms with van der Waals surface area (Å²) in [6.07, 6.45) is -3.24. The van der Waals surface area contributed by atoms with E-state index in [4.69, 9.17) is 36.8 Å². The topological polar surface area (TPSA) is 231 Å². The Morgan fingerprint density at radius 3 is 2.42 bits per heavy atom. The smallest absolute Gasteiger partial charge is 0.387 e. The number of phosphoric acid groups is 3. The van der Waals surface area contributed by atoms with Crippen molar-refractivity contribution in [2.24, 2.45) is 10.7 Å². The lowest BCUT2D eigenvalue weighted by molar-refractivity contribution is -0.119. The molecular weight excluding hydrogens is 514 g/mol. The number of amidine groups is 1. The van der Waals surface area contributed by atoms with Gasteiger partial charge in [0.25, 0.3) is 0 Å². The molecule has 0 saturated carbocycles. The highest BCUT2D eigenvalue weighted by atomic mass is 35.5. The lowest BCUT2D eigenvalue weighted by Gasteiger charge is -2.32. The van der Waals surface area contributed by atoms with Crippen molar-refractivity contribution in [2.45, 2.75) is 24.1 Å². The molecule has 7 N–H and O–H groups in total. The second-order valence-electron chi connectivity index (χ2n) is 6.14. The van der Waals surface area contributed by atoms with Gasteiger partial charge in [0.15, 0.2) is 12.4 Å². The molecule has 31 heavy (non-hydrogen) atoms. The van der Waals surface area contributed by atoms with Crippen LogP contribution < -0.4 is 5.73 Å². The summed E-state index contributed by atoms with van der Waals surface area (Å²) in [6.45, 7) is 2.39. The summed E-state index contributed by atoms with van der Waals surface area (Å²) >= 11 is 5.76. The maximum atomic E-state index is 14.8. The third kappa shape index (κ3) is 6.65. The first-order chi connectivity index (χ1) is 14.0. The molecule has 2 aliphatic heterocycles. The first kappa shape index (κ1) is 26.6. The Morgan fingerprint density at radius 2 is 1.90 bits per heavy atom. The summed E-state index contributed by atoms with van der Waals surface area (Å²) in [5, 5.41) is 10.3. The van der Waals surface area contributed by atoms with Gasteiger partial charge in [-0.2, -0.15) is 8.62 Å². The van der Waals surface area contributed by atoms with Crippen LogP contribution in [0, 0.1) is 0 Å². The molecule has 6 atom stereocenters. The second-order valence-corrected chi connectivity index (χ2v) is 10.8. The van der Waals surface area contributed by atoms with Crippen LogP contribution in [-0.4, -0.2) is 72.0 Å². The predicted molar refractivity (Wildman–Crippen MR) is 101 cm³/mol. The molecule has 0 aliphatic carbocycles. The van der Waals surface area contributed by atoms with Gasteiger partial charge in [-0.25, -0.2) is 23.1 Å². The van der Waals surface area contributed by atoms with E-state index >= 15 is 0 Å². The first-order valence-corrected chi connectivity index (χ1v) is 12.9.